The molecule has 0 atom stereocenters. The topological polar surface area (TPSA) is 30.2 Å². The highest BCUT2D eigenvalue weighted by Crippen LogP contribution is 2.23. The lowest BCUT2D eigenvalue weighted by Crippen LogP contribution is -2.24. The highest BCUT2D eigenvalue weighted by atomic mass is 32.2. The maximum atomic E-state index is 4.74. The second kappa shape index (κ2) is 5.71. The lowest BCUT2D eigenvalue weighted by Gasteiger charge is -2.22. The van der Waals surface area contributed by atoms with Crippen LogP contribution in [0.4, 0.5) is 0 Å². The van der Waals surface area contributed by atoms with Crippen molar-refractivity contribution in [2.75, 3.05) is 5.75 Å². The van der Waals surface area contributed by atoms with E-state index in [0.29, 0.717) is 6.04 Å². The Hall–Kier alpha value is -0.770. The lowest BCUT2D eigenvalue weighted by molar-refractivity contribution is 0.581. The van der Waals surface area contributed by atoms with Crippen LogP contribution in [-0.2, 0) is 7.05 Å². The number of hydrogen-bond donors (Lipinski definition) is 0. The first kappa shape index (κ1) is 14.3. The Morgan fingerprint density at radius 3 is 2.53 bits per heavy atom. The van der Waals surface area contributed by atoms with Crippen LogP contribution in [0.3, 0.4) is 0 Å². The van der Waals surface area contributed by atoms with Crippen LogP contribution in [0.15, 0.2) is 22.5 Å². The molecule has 4 heteroatoms. The average molecular weight is 253 g/mol. The zero-order valence-electron chi connectivity index (χ0n) is 11.7. The van der Waals surface area contributed by atoms with Gasteiger partial charge in [-0.1, -0.05) is 32.5 Å². The second-order valence-electron chi connectivity index (χ2n) is 5.53. The van der Waals surface area contributed by atoms with Crippen LogP contribution < -0.4 is 0 Å². The fraction of sp³-hybridized carbons (Fsp3) is 0.692. The highest BCUT2D eigenvalue weighted by molar-refractivity contribution is 7.99. The molecule has 0 saturated heterocycles. The molecule has 0 unspecified atom stereocenters. The molecule has 0 saturated carbocycles. The van der Waals surface area contributed by atoms with Gasteiger partial charge >= 0.3 is 0 Å². The Balaban J connectivity index is 2.72. The van der Waals surface area contributed by atoms with Crippen molar-refractivity contribution in [3.63, 3.8) is 0 Å². The van der Waals surface area contributed by atoms with E-state index in [1.807, 2.05) is 24.0 Å². The van der Waals surface area contributed by atoms with Crippen molar-refractivity contribution in [2.45, 2.75) is 45.8 Å². The fourth-order valence-electron chi connectivity index (χ4n) is 1.38. The quantitative estimate of drug-likeness (QED) is 0.608. The minimum absolute atomic E-state index is 0.127. The number of hydrogen-bond acceptors (Lipinski definition) is 3. The molecular weight excluding hydrogens is 230 g/mol. The first-order valence-electron chi connectivity index (χ1n) is 5.98. The van der Waals surface area contributed by atoms with Gasteiger partial charge in [0.1, 0.15) is 0 Å². The third kappa shape index (κ3) is 4.54. The van der Waals surface area contributed by atoms with E-state index in [1.54, 1.807) is 11.8 Å². The Morgan fingerprint density at radius 2 is 2.12 bits per heavy atom. The summed E-state index contributed by atoms with van der Waals surface area (Å²) >= 11 is 1.75. The van der Waals surface area contributed by atoms with Gasteiger partial charge in [-0.15, -0.1) is 0 Å². The van der Waals surface area contributed by atoms with Gasteiger partial charge in [0.2, 0.25) is 0 Å². The zero-order valence-corrected chi connectivity index (χ0v) is 12.5. The van der Waals surface area contributed by atoms with Crippen molar-refractivity contribution in [1.82, 2.24) is 9.55 Å². The summed E-state index contributed by atoms with van der Waals surface area (Å²) in [7, 11) is 2.02. The van der Waals surface area contributed by atoms with Crippen molar-refractivity contribution in [3.8, 4) is 0 Å². The predicted molar refractivity (Wildman–Crippen MR) is 76.0 cm³/mol. The third-order valence-electron chi connectivity index (χ3n) is 2.39. The van der Waals surface area contributed by atoms with Crippen molar-refractivity contribution < 1.29 is 0 Å². The van der Waals surface area contributed by atoms with E-state index in [0.717, 1.165) is 10.9 Å². The van der Waals surface area contributed by atoms with E-state index in [2.05, 4.69) is 39.6 Å². The van der Waals surface area contributed by atoms with Crippen molar-refractivity contribution in [3.05, 3.63) is 12.4 Å². The van der Waals surface area contributed by atoms with E-state index in [9.17, 15) is 0 Å². The maximum Gasteiger partial charge on any atom is 0.168 e. The first-order chi connectivity index (χ1) is 7.80. The summed E-state index contributed by atoms with van der Waals surface area (Å²) < 4.78 is 2.04. The van der Waals surface area contributed by atoms with E-state index in [-0.39, 0.29) is 5.41 Å². The van der Waals surface area contributed by atoms with Gasteiger partial charge in [-0.05, 0) is 13.8 Å². The molecular formula is C13H23N3S. The number of thioether (sulfide) groups is 1. The Morgan fingerprint density at radius 1 is 1.47 bits per heavy atom. The molecule has 0 amide bonds. The van der Waals surface area contributed by atoms with Crippen LogP contribution in [0.1, 0.15) is 34.6 Å². The molecule has 1 heterocycles. The molecule has 0 N–H and O–H groups in total. The minimum Gasteiger partial charge on any atom is -0.329 e. The molecule has 0 aromatic carbocycles. The van der Waals surface area contributed by atoms with Gasteiger partial charge in [0, 0.05) is 42.4 Å². The lowest BCUT2D eigenvalue weighted by atomic mass is 9.91. The van der Waals surface area contributed by atoms with Gasteiger partial charge in [0.05, 0.1) is 0 Å². The molecule has 0 spiro atoms. The van der Waals surface area contributed by atoms with Gasteiger partial charge in [0.15, 0.2) is 5.16 Å². The van der Waals surface area contributed by atoms with Gasteiger partial charge in [0.25, 0.3) is 0 Å². The number of aryl methyl sites for hydroxylation is 1. The molecule has 0 bridgehead atoms. The van der Waals surface area contributed by atoms with Crippen molar-refractivity contribution in [2.24, 2.45) is 17.5 Å². The average Bonchev–Trinajstić information content (AvgIpc) is 2.56. The largest absolute Gasteiger partial charge is 0.329 e. The summed E-state index contributed by atoms with van der Waals surface area (Å²) in [6.45, 7) is 10.9. The molecule has 1 aromatic heterocycles. The van der Waals surface area contributed by atoms with E-state index < -0.39 is 0 Å². The number of rotatable bonds is 4. The van der Waals surface area contributed by atoms with Crippen LogP contribution >= 0.6 is 11.8 Å². The van der Waals surface area contributed by atoms with E-state index in [4.69, 9.17) is 4.99 Å². The summed E-state index contributed by atoms with van der Waals surface area (Å²) in [6.07, 6.45) is 3.80. The number of aliphatic imine (C=N–C) groups is 1. The zero-order chi connectivity index (χ0) is 13.1. The van der Waals surface area contributed by atoms with Crippen LogP contribution in [0.2, 0.25) is 0 Å². The summed E-state index contributed by atoms with van der Waals surface area (Å²) in [4.78, 5) is 9.06. The molecule has 0 aliphatic carbocycles. The standard InChI is InChI=1S/C13H23N3S/c1-10(2)15-11(13(3,4)5)9-17-12-14-7-8-16(12)6/h7-8,10H,9H2,1-6H3. The molecule has 0 aliphatic rings. The molecule has 0 radical (unpaired) electrons. The van der Waals surface area contributed by atoms with Crippen molar-refractivity contribution >= 4 is 17.5 Å². The molecule has 1 aromatic rings. The highest BCUT2D eigenvalue weighted by Gasteiger charge is 2.20. The molecule has 96 valence electrons. The second-order valence-corrected chi connectivity index (χ2v) is 6.47. The number of imidazole rings is 1. The number of aromatic nitrogens is 2. The summed E-state index contributed by atoms with van der Waals surface area (Å²) in [5.74, 6) is 0.909. The summed E-state index contributed by atoms with van der Waals surface area (Å²) in [5.41, 5.74) is 1.38. The van der Waals surface area contributed by atoms with Crippen LogP contribution in [0.25, 0.3) is 0 Å². The van der Waals surface area contributed by atoms with Gasteiger partial charge < -0.3 is 4.57 Å². The Bertz CT molecular complexity index is 386. The fourth-order valence-corrected chi connectivity index (χ4v) is 2.56. The van der Waals surface area contributed by atoms with Gasteiger partial charge in [-0.3, -0.25) is 4.99 Å². The van der Waals surface area contributed by atoms with Crippen molar-refractivity contribution in [1.29, 1.82) is 0 Å². The minimum atomic E-state index is 0.127. The van der Waals surface area contributed by atoms with Crippen LogP contribution in [0.5, 0.6) is 0 Å². The SMILES string of the molecule is CC(C)N=C(CSc1nccn1C)C(C)(C)C. The summed E-state index contributed by atoms with van der Waals surface area (Å²) in [5, 5.41) is 1.05. The monoisotopic (exact) mass is 253 g/mol. The van der Waals surface area contributed by atoms with Crippen LogP contribution in [0, 0.1) is 5.41 Å². The molecule has 0 fully saturated rings. The third-order valence-corrected chi connectivity index (χ3v) is 3.46. The van der Waals surface area contributed by atoms with Gasteiger partial charge in [-0.2, -0.15) is 0 Å². The Kier molecular flexibility index (Phi) is 4.80. The van der Waals surface area contributed by atoms with Gasteiger partial charge in [-0.25, -0.2) is 4.98 Å². The van der Waals surface area contributed by atoms with E-state index >= 15 is 0 Å². The Labute approximate surface area is 109 Å². The normalized spacial score (nSPS) is 13.5. The maximum absolute atomic E-state index is 4.74. The predicted octanol–water partition coefficient (Wildman–Crippen LogP) is 3.41. The smallest absolute Gasteiger partial charge is 0.168 e. The number of nitrogens with zero attached hydrogens (tertiary/aromatic N) is 3. The molecule has 17 heavy (non-hydrogen) atoms. The van der Waals surface area contributed by atoms with Crippen LogP contribution in [-0.4, -0.2) is 27.1 Å². The first-order valence-corrected chi connectivity index (χ1v) is 6.96. The summed E-state index contributed by atoms with van der Waals surface area (Å²) in [6, 6.07) is 0.353. The molecule has 3 nitrogen and oxygen atoms in total. The molecule has 1 rings (SSSR count). The van der Waals surface area contributed by atoms with E-state index in [1.165, 1.54) is 5.71 Å². The molecule has 0 aliphatic heterocycles.